The number of carbonyl (C=O) groups excluding carboxylic acids is 1. The summed E-state index contributed by atoms with van der Waals surface area (Å²) in [5, 5.41) is 6.04. The third kappa shape index (κ3) is 4.56. The van der Waals surface area contributed by atoms with Gasteiger partial charge in [0.15, 0.2) is 0 Å². The van der Waals surface area contributed by atoms with E-state index in [9.17, 15) is 13.6 Å². The van der Waals surface area contributed by atoms with Gasteiger partial charge in [0.2, 0.25) is 5.91 Å². The lowest BCUT2D eigenvalue weighted by molar-refractivity contribution is -0.123. The molecular weight excluding hydrogens is 262 g/mol. The van der Waals surface area contributed by atoms with Gasteiger partial charge in [0, 0.05) is 12.6 Å². The Kier molecular flexibility index (Phi) is 5.47. The van der Waals surface area contributed by atoms with Gasteiger partial charge in [-0.2, -0.15) is 0 Å². The molecule has 0 saturated carbocycles. The first-order chi connectivity index (χ1) is 9.65. The summed E-state index contributed by atoms with van der Waals surface area (Å²) in [6, 6.07) is 3.29. The second-order valence-corrected chi connectivity index (χ2v) is 5.17. The van der Waals surface area contributed by atoms with Gasteiger partial charge >= 0.3 is 0 Å². The van der Waals surface area contributed by atoms with Crippen molar-refractivity contribution in [1.82, 2.24) is 10.6 Å². The number of nitrogens with one attached hydrogen (secondary N) is 2. The van der Waals surface area contributed by atoms with E-state index < -0.39 is 11.6 Å². The maximum Gasteiger partial charge on any atom is 0.237 e. The van der Waals surface area contributed by atoms with Gasteiger partial charge in [-0.1, -0.05) is 12.8 Å². The van der Waals surface area contributed by atoms with E-state index in [2.05, 4.69) is 10.6 Å². The summed E-state index contributed by atoms with van der Waals surface area (Å²) < 4.78 is 26.0. The number of halogens is 2. The summed E-state index contributed by atoms with van der Waals surface area (Å²) in [4.78, 5) is 12.0. The zero-order chi connectivity index (χ0) is 14.4. The van der Waals surface area contributed by atoms with E-state index in [1.807, 2.05) is 0 Å². The van der Waals surface area contributed by atoms with Crippen molar-refractivity contribution in [3.8, 4) is 0 Å². The molecule has 1 aromatic carbocycles. The summed E-state index contributed by atoms with van der Waals surface area (Å²) in [7, 11) is 0. The van der Waals surface area contributed by atoms with Crippen LogP contribution in [0.4, 0.5) is 8.78 Å². The molecule has 2 rings (SSSR count). The molecule has 2 N–H and O–H groups in total. The molecular formula is C15H20F2N2O. The van der Waals surface area contributed by atoms with Crippen LogP contribution < -0.4 is 10.6 Å². The molecule has 0 aliphatic carbocycles. The Morgan fingerprint density at radius 3 is 2.70 bits per heavy atom. The molecule has 1 aromatic rings. The third-order valence-electron chi connectivity index (χ3n) is 3.51. The van der Waals surface area contributed by atoms with Crippen LogP contribution in [0.2, 0.25) is 0 Å². The van der Waals surface area contributed by atoms with Gasteiger partial charge in [0.25, 0.3) is 0 Å². The predicted octanol–water partition coefficient (Wildman–Crippen LogP) is 2.16. The van der Waals surface area contributed by atoms with Gasteiger partial charge in [0.1, 0.15) is 11.6 Å². The molecule has 0 aromatic heterocycles. The molecule has 0 bridgehead atoms. The Balaban J connectivity index is 1.78. The Hall–Kier alpha value is -1.49. The van der Waals surface area contributed by atoms with Gasteiger partial charge in [-0.05, 0) is 43.5 Å². The number of benzene rings is 1. The fraction of sp³-hybridized carbons (Fsp3) is 0.533. The van der Waals surface area contributed by atoms with Crippen molar-refractivity contribution in [2.75, 3.05) is 13.1 Å². The van der Waals surface area contributed by atoms with Gasteiger partial charge < -0.3 is 10.6 Å². The Morgan fingerprint density at radius 2 is 1.95 bits per heavy atom. The van der Waals surface area contributed by atoms with E-state index in [4.69, 9.17) is 0 Å². The van der Waals surface area contributed by atoms with Gasteiger partial charge in [0.05, 0.1) is 6.04 Å². The molecule has 0 spiro atoms. The van der Waals surface area contributed by atoms with Crippen molar-refractivity contribution < 1.29 is 13.6 Å². The monoisotopic (exact) mass is 282 g/mol. The van der Waals surface area contributed by atoms with Gasteiger partial charge in [-0.3, -0.25) is 4.79 Å². The molecule has 5 heteroatoms. The number of carbonyl (C=O) groups is 1. The van der Waals surface area contributed by atoms with Crippen molar-refractivity contribution in [2.24, 2.45) is 0 Å². The van der Waals surface area contributed by atoms with Crippen LogP contribution in [-0.2, 0) is 11.2 Å². The highest BCUT2D eigenvalue weighted by Crippen LogP contribution is 2.09. The molecule has 0 radical (unpaired) electrons. The number of hydrogen-bond donors (Lipinski definition) is 2. The highest BCUT2D eigenvalue weighted by atomic mass is 19.1. The maximum atomic E-state index is 13.0. The lowest BCUT2D eigenvalue weighted by Gasteiger charge is -2.15. The highest BCUT2D eigenvalue weighted by Gasteiger charge is 2.18. The van der Waals surface area contributed by atoms with E-state index in [0.29, 0.717) is 18.5 Å². The van der Waals surface area contributed by atoms with E-state index in [0.717, 1.165) is 38.3 Å². The van der Waals surface area contributed by atoms with Crippen molar-refractivity contribution >= 4 is 5.91 Å². The topological polar surface area (TPSA) is 41.1 Å². The second kappa shape index (κ2) is 7.33. The summed E-state index contributed by atoms with van der Waals surface area (Å²) in [5.74, 6) is -1.20. The first-order valence-corrected chi connectivity index (χ1v) is 7.11. The molecule has 1 heterocycles. The molecule has 1 unspecified atom stereocenters. The lowest BCUT2D eigenvalue weighted by Crippen LogP contribution is -2.44. The smallest absolute Gasteiger partial charge is 0.237 e. The molecule has 1 aliphatic heterocycles. The van der Waals surface area contributed by atoms with Crippen molar-refractivity contribution in [3.63, 3.8) is 0 Å². The average molecular weight is 282 g/mol. The minimum atomic E-state index is -0.586. The molecule has 1 aliphatic rings. The van der Waals surface area contributed by atoms with Crippen molar-refractivity contribution in [3.05, 3.63) is 35.4 Å². The van der Waals surface area contributed by atoms with E-state index in [1.165, 1.54) is 12.1 Å². The summed E-state index contributed by atoms with van der Waals surface area (Å²) in [5.41, 5.74) is 0.552. The molecule has 1 atom stereocenters. The van der Waals surface area contributed by atoms with E-state index in [1.54, 1.807) is 0 Å². The predicted molar refractivity (Wildman–Crippen MR) is 73.3 cm³/mol. The summed E-state index contributed by atoms with van der Waals surface area (Å²) in [6.45, 7) is 1.26. The largest absolute Gasteiger partial charge is 0.354 e. The van der Waals surface area contributed by atoms with Gasteiger partial charge in [-0.15, -0.1) is 0 Å². The SMILES string of the molecule is O=C(NCCc1cc(F)cc(F)c1)C1CCCCCN1. The second-order valence-electron chi connectivity index (χ2n) is 5.17. The molecule has 1 fully saturated rings. The van der Waals surface area contributed by atoms with Crippen LogP contribution in [0, 0.1) is 11.6 Å². The maximum absolute atomic E-state index is 13.0. The molecule has 110 valence electrons. The minimum Gasteiger partial charge on any atom is -0.354 e. The molecule has 3 nitrogen and oxygen atoms in total. The first kappa shape index (κ1) is 14.9. The quantitative estimate of drug-likeness (QED) is 0.888. The minimum absolute atomic E-state index is 0.0243. The van der Waals surface area contributed by atoms with Crippen LogP contribution in [0.3, 0.4) is 0 Å². The van der Waals surface area contributed by atoms with Crippen LogP contribution in [0.25, 0.3) is 0 Å². The highest BCUT2D eigenvalue weighted by molar-refractivity contribution is 5.81. The molecule has 1 saturated heterocycles. The fourth-order valence-corrected chi connectivity index (χ4v) is 2.46. The number of rotatable bonds is 4. The van der Waals surface area contributed by atoms with Crippen LogP contribution >= 0.6 is 0 Å². The summed E-state index contributed by atoms with van der Waals surface area (Å²) in [6.07, 6.45) is 4.58. The zero-order valence-electron chi connectivity index (χ0n) is 11.4. The summed E-state index contributed by atoms with van der Waals surface area (Å²) >= 11 is 0. The lowest BCUT2D eigenvalue weighted by atomic mass is 10.1. The zero-order valence-corrected chi connectivity index (χ0v) is 11.4. The standard InChI is InChI=1S/C15H20F2N2O/c16-12-8-11(9-13(17)10-12)5-7-19-15(20)14-4-2-1-3-6-18-14/h8-10,14,18H,1-7H2,(H,19,20). The van der Waals surface area contributed by atoms with E-state index in [-0.39, 0.29) is 11.9 Å². The fourth-order valence-electron chi connectivity index (χ4n) is 2.46. The van der Waals surface area contributed by atoms with Crippen LogP contribution in [0.5, 0.6) is 0 Å². The number of hydrogen-bond acceptors (Lipinski definition) is 2. The van der Waals surface area contributed by atoms with E-state index >= 15 is 0 Å². The Labute approximate surface area is 117 Å². The van der Waals surface area contributed by atoms with Gasteiger partial charge in [-0.25, -0.2) is 8.78 Å². The normalized spacial score (nSPS) is 19.4. The van der Waals surface area contributed by atoms with Crippen LogP contribution in [0.1, 0.15) is 31.2 Å². The number of amides is 1. The third-order valence-corrected chi connectivity index (χ3v) is 3.51. The molecule has 20 heavy (non-hydrogen) atoms. The molecule has 1 amide bonds. The Morgan fingerprint density at radius 1 is 1.20 bits per heavy atom. The van der Waals surface area contributed by atoms with Crippen molar-refractivity contribution in [1.29, 1.82) is 0 Å². The Bertz CT molecular complexity index is 437. The van der Waals surface area contributed by atoms with Crippen LogP contribution in [0.15, 0.2) is 18.2 Å². The van der Waals surface area contributed by atoms with Crippen molar-refractivity contribution in [2.45, 2.75) is 38.1 Å². The van der Waals surface area contributed by atoms with Crippen LogP contribution in [-0.4, -0.2) is 25.0 Å². The first-order valence-electron chi connectivity index (χ1n) is 7.11. The average Bonchev–Trinajstić information content (AvgIpc) is 2.66.